The maximum atomic E-state index is 10.9. The van der Waals surface area contributed by atoms with Crippen molar-refractivity contribution < 1.29 is 9.53 Å². The maximum Gasteiger partial charge on any atom is 0.309 e. The van der Waals surface area contributed by atoms with E-state index >= 15 is 0 Å². The number of allylic oxidation sites excluding steroid dienone is 3. The van der Waals surface area contributed by atoms with E-state index in [0.717, 1.165) is 25.7 Å². The third-order valence-corrected chi connectivity index (χ3v) is 2.67. The monoisotopic (exact) mass is 224 g/mol. The summed E-state index contributed by atoms with van der Waals surface area (Å²) in [5.41, 5.74) is 2.73. The molecule has 2 heteroatoms. The summed E-state index contributed by atoms with van der Waals surface area (Å²) in [4.78, 5) is 10.9. The summed E-state index contributed by atoms with van der Waals surface area (Å²) in [6, 6.07) is 0. The van der Waals surface area contributed by atoms with Crippen LogP contribution in [0.1, 0.15) is 52.9 Å². The molecule has 0 aliphatic carbocycles. The molecule has 0 fully saturated rings. The summed E-state index contributed by atoms with van der Waals surface area (Å²) in [5.74, 6) is -0.166. The van der Waals surface area contributed by atoms with Gasteiger partial charge in [-0.15, -0.1) is 0 Å². The standard InChI is InChI=1S/C14H24O2/c1-5-12(2)8-6-7-9-13(3)10-11-14(15)16-4/h8,10H,5-7,9,11H2,1-4H3. The van der Waals surface area contributed by atoms with Crippen LogP contribution < -0.4 is 0 Å². The smallest absolute Gasteiger partial charge is 0.309 e. The van der Waals surface area contributed by atoms with Crippen LogP contribution in [0.15, 0.2) is 23.3 Å². The van der Waals surface area contributed by atoms with Crippen molar-refractivity contribution in [1.29, 1.82) is 0 Å². The molecular weight excluding hydrogens is 200 g/mol. The van der Waals surface area contributed by atoms with Crippen LogP contribution in [-0.4, -0.2) is 13.1 Å². The highest BCUT2D eigenvalue weighted by Gasteiger charge is 1.96. The Kier molecular flexibility index (Phi) is 8.59. The zero-order valence-electron chi connectivity index (χ0n) is 11.0. The van der Waals surface area contributed by atoms with Gasteiger partial charge in [-0.1, -0.05) is 30.2 Å². The maximum absolute atomic E-state index is 10.9. The van der Waals surface area contributed by atoms with Gasteiger partial charge < -0.3 is 4.74 Å². The molecule has 0 atom stereocenters. The van der Waals surface area contributed by atoms with Gasteiger partial charge in [-0.05, 0) is 39.5 Å². The number of unbranched alkanes of at least 4 members (excludes halogenated alkanes) is 1. The Balaban J connectivity index is 3.72. The number of ether oxygens (including phenoxy) is 1. The van der Waals surface area contributed by atoms with Crippen LogP contribution in [0.4, 0.5) is 0 Å². The van der Waals surface area contributed by atoms with Crippen LogP contribution in [0.2, 0.25) is 0 Å². The number of hydrogen-bond acceptors (Lipinski definition) is 2. The minimum atomic E-state index is -0.166. The van der Waals surface area contributed by atoms with Crippen LogP contribution in [-0.2, 0) is 9.53 Å². The average Bonchev–Trinajstić information content (AvgIpc) is 2.31. The van der Waals surface area contributed by atoms with Gasteiger partial charge in [0.1, 0.15) is 0 Å². The molecule has 0 amide bonds. The van der Waals surface area contributed by atoms with Gasteiger partial charge in [-0.3, -0.25) is 4.79 Å². The number of methoxy groups -OCH3 is 1. The van der Waals surface area contributed by atoms with Gasteiger partial charge in [0, 0.05) is 0 Å². The summed E-state index contributed by atoms with van der Waals surface area (Å²) in [6.45, 7) is 6.41. The number of esters is 1. The lowest BCUT2D eigenvalue weighted by molar-refractivity contribution is -0.139. The van der Waals surface area contributed by atoms with Gasteiger partial charge in [0.2, 0.25) is 0 Å². The normalized spacial score (nSPS) is 12.8. The van der Waals surface area contributed by atoms with E-state index in [4.69, 9.17) is 0 Å². The first-order valence-corrected chi connectivity index (χ1v) is 5.98. The highest BCUT2D eigenvalue weighted by atomic mass is 16.5. The van der Waals surface area contributed by atoms with Crippen molar-refractivity contribution in [3.05, 3.63) is 23.3 Å². The van der Waals surface area contributed by atoms with E-state index < -0.39 is 0 Å². The Hall–Kier alpha value is -1.05. The number of carbonyl (C=O) groups is 1. The summed E-state index contributed by atoms with van der Waals surface area (Å²) < 4.78 is 4.58. The van der Waals surface area contributed by atoms with Gasteiger partial charge in [0.15, 0.2) is 0 Å². The van der Waals surface area contributed by atoms with Crippen molar-refractivity contribution in [2.24, 2.45) is 0 Å². The fourth-order valence-electron chi connectivity index (χ4n) is 1.32. The molecule has 0 aromatic heterocycles. The van der Waals surface area contributed by atoms with Crippen molar-refractivity contribution >= 4 is 5.97 Å². The first-order valence-electron chi connectivity index (χ1n) is 5.98. The van der Waals surface area contributed by atoms with Crippen LogP contribution in [0, 0.1) is 0 Å². The Morgan fingerprint density at radius 2 is 1.88 bits per heavy atom. The topological polar surface area (TPSA) is 26.3 Å². The molecule has 0 heterocycles. The van der Waals surface area contributed by atoms with Crippen LogP contribution >= 0.6 is 0 Å². The summed E-state index contributed by atoms with van der Waals surface area (Å²) in [6.07, 6.45) is 9.13. The molecule has 0 saturated carbocycles. The molecule has 0 N–H and O–H groups in total. The number of hydrogen-bond donors (Lipinski definition) is 0. The number of rotatable bonds is 7. The molecule has 92 valence electrons. The fraction of sp³-hybridized carbons (Fsp3) is 0.643. The van der Waals surface area contributed by atoms with Gasteiger partial charge in [-0.25, -0.2) is 0 Å². The lowest BCUT2D eigenvalue weighted by Gasteiger charge is -2.00. The van der Waals surface area contributed by atoms with Crippen LogP contribution in [0.5, 0.6) is 0 Å². The van der Waals surface area contributed by atoms with E-state index in [1.807, 2.05) is 6.08 Å². The third-order valence-electron chi connectivity index (χ3n) is 2.67. The largest absolute Gasteiger partial charge is 0.469 e. The quantitative estimate of drug-likeness (QED) is 0.371. The summed E-state index contributed by atoms with van der Waals surface area (Å²) >= 11 is 0. The van der Waals surface area contributed by atoms with Crippen molar-refractivity contribution in [3.63, 3.8) is 0 Å². The van der Waals surface area contributed by atoms with Crippen molar-refractivity contribution in [1.82, 2.24) is 0 Å². The first-order chi connectivity index (χ1) is 7.60. The Bertz CT molecular complexity index is 262. The molecule has 0 aromatic carbocycles. The second kappa shape index (κ2) is 9.20. The minimum Gasteiger partial charge on any atom is -0.469 e. The van der Waals surface area contributed by atoms with Crippen molar-refractivity contribution in [3.8, 4) is 0 Å². The SMILES string of the molecule is CCC(C)=CCCCC(C)=CCC(=O)OC. The molecule has 0 bridgehead atoms. The fourth-order valence-corrected chi connectivity index (χ4v) is 1.32. The predicted molar refractivity (Wildman–Crippen MR) is 68.3 cm³/mol. The first kappa shape index (κ1) is 14.9. The van der Waals surface area contributed by atoms with E-state index in [1.54, 1.807) is 0 Å². The van der Waals surface area contributed by atoms with Crippen LogP contribution in [0.25, 0.3) is 0 Å². The highest BCUT2D eigenvalue weighted by molar-refractivity contribution is 5.71. The summed E-state index contributed by atoms with van der Waals surface area (Å²) in [7, 11) is 1.42. The Labute approximate surface area is 99.4 Å². The van der Waals surface area contributed by atoms with Crippen molar-refractivity contribution in [2.45, 2.75) is 52.9 Å². The third kappa shape index (κ3) is 8.27. The second-order valence-electron chi connectivity index (χ2n) is 4.13. The van der Waals surface area contributed by atoms with Gasteiger partial charge >= 0.3 is 5.97 Å². The molecule has 16 heavy (non-hydrogen) atoms. The predicted octanol–water partition coefficient (Wildman–Crippen LogP) is 4.02. The molecular formula is C14H24O2. The number of carbonyl (C=O) groups excluding carboxylic acids is 1. The average molecular weight is 224 g/mol. The van der Waals surface area contributed by atoms with E-state index in [1.165, 1.54) is 18.3 Å². The van der Waals surface area contributed by atoms with E-state index in [0.29, 0.717) is 6.42 Å². The lowest BCUT2D eigenvalue weighted by Crippen LogP contribution is -1.97. The molecule has 0 rings (SSSR count). The Morgan fingerprint density at radius 1 is 1.19 bits per heavy atom. The van der Waals surface area contributed by atoms with E-state index in [2.05, 4.69) is 31.6 Å². The van der Waals surface area contributed by atoms with E-state index in [-0.39, 0.29) is 5.97 Å². The van der Waals surface area contributed by atoms with E-state index in [9.17, 15) is 4.79 Å². The molecule has 0 aliphatic rings. The molecule has 0 unspecified atom stereocenters. The minimum absolute atomic E-state index is 0.166. The molecule has 0 radical (unpaired) electrons. The summed E-state index contributed by atoms with van der Waals surface area (Å²) in [5, 5.41) is 0. The van der Waals surface area contributed by atoms with Gasteiger partial charge in [-0.2, -0.15) is 0 Å². The molecule has 0 aliphatic heterocycles. The lowest BCUT2D eigenvalue weighted by atomic mass is 10.1. The molecule has 0 aromatic rings. The zero-order valence-corrected chi connectivity index (χ0v) is 11.0. The molecule has 0 saturated heterocycles. The van der Waals surface area contributed by atoms with Gasteiger partial charge in [0.25, 0.3) is 0 Å². The Morgan fingerprint density at radius 3 is 2.44 bits per heavy atom. The second-order valence-corrected chi connectivity index (χ2v) is 4.13. The molecule has 0 spiro atoms. The van der Waals surface area contributed by atoms with Gasteiger partial charge in [0.05, 0.1) is 13.5 Å². The van der Waals surface area contributed by atoms with Crippen molar-refractivity contribution in [2.75, 3.05) is 7.11 Å². The highest BCUT2D eigenvalue weighted by Crippen LogP contribution is 2.10. The van der Waals surface area contributed by atoms with Crippen LogP contribution in [0.3, 0.4) is 0 Å². The molecule has 2 nitrogen and oxygen atoms in total. The zero-order chi connectivity index (χ0) is 12.4.